The van der Waals surface area contributed by atoms with Gasteiger partial charge in [-0.25, -0.2) is 9.59 Å². The Kier molecular flexibility index (Phi) is 3.22. The maximum absolute atomic E-state index is 11.6. The van der Waals surface area contributed by atoms with Crippen molar-refractivity contribution in [1.29, 1.82) is 0 Å². The fourth-order valence-corrected chi connectivity index (χ4v) is 1.50. The van der Waals surface area contributed by atoms with Crippen LogP contribution in [0.5, 0.6) is 0 Å². The molecule has 1 atom stereocenters. The molecule has 2 rings (SSSR count). The molecule has 0 radical (unpaired) electrons. The molecule has 0 aliphatic carbocycles. The van der Waals surface area contributed by atoms with Crippen molar-refractivity contribution in [3.05, 3.63) is 39.9 Å². The van der Waals surface area contributed by atoms with Crippen molar-refractivity contribution in [2.75, 3.05) is 6.61 Å². The lowest BCUT2D eigenvalue weighted by molar-refractivity contribution is -0.384. The smallest absolute Gasteiger partial charge is 0.347 e. The summed E-state index contributed by atoms with van der Waals surface area (Å²) in [6, 6.07) is 4.95. The molecule has 7 heteroatoms. The minimum Gasteiger partial charge on any atom is -0.463 e. The van der Waals surface area contributed by atoms with Gasteiger partial charge in [-0.15, -0.1) is 0 Å². The van der Waals surface area contributed by atoms with E-state index in [2.05, 4.69) is 4.74 Å². The molecule has 0 spiro atoms. The van der Waals surface area contributed by atoms with Crippen LogP contribution < -0.4 is 0 Å². The first-order valence-corrected chi connectivity index (χ1v) is 5.20. The van der Waals surface area contributed by atoms with Gasteiger partial charge in [-0.3, -0.25) is 10.1 Å². The van der Waals surface area contributed by atoms with Crippen LogP contribution >= 0.6 is 0 Å². The number of hydrogen-bond donors (Lipinski definition) is 0. The van der Waals surface area contributed by atoms with E-state index in [1.807, 2.05) is 0 Å². The van der Waals surface area contributed by atoms with E-state index in [9.17, 15) is 19.7 Å². The van der Waals surface area contributed by atoms with E-state index in [0.717, 1.165) is 0 Å². The summed E-state index contributed by atoms with van der Waals surface area (Å²) in [5.74, 6) is -1.26. The van der Waals surface area contributed by atoms with Crippen molar-refractivity contribution in [3.63, 3.8) is 0 Å². The molecule has 7 nitrogen and oxygen atoms in total. The Labute approximate surface area is 101 Å². The quantitative estimate of drug-likeness (QED) is 0.453. The van der Waals surface area contributed by atoms with Gasteiger partial charge in [0.05, 0.1) is 17.1 Å². The van der Waals surface area contributed by atoms with E-state index < -0.39 is 23.0 Å². The van der Waals surface area contributed by atoms with E-state index in [-0.39, 0.29) is 17.9 Å². The fourth-order valence-electron chi connectivity index (χ4n) is 1.50. The van der Waals surface area contributed by atoms with Crippen LogP contribution in [0, 0.1) is 10.1 Å². The largest absolute Gasteiger partial charge is 0.463 e. The number of nitrogens with zero attached hydrogens (tertiary/aromatic N) is 1. The number of carbonyl (C=O) groups excluding carboxylic acids is 2. The third-order valence-electron chi connectivity index (χ3n) is 2.45. The summed E-state index contributed by atoms with van der Waals surface area (Å²) in [6.07, 6.45) is -0.551. The standard InChI is InChI=1S/C11H9NO6/c13-10(18-9-5-6-17-11(9)14)7-1-3-8(4-2-7)12(15)16/h1-4,9H,5-6H2/t9-/m1/s1. The molecule has 18 heavy (non-hydrogen) atoms. The summed E-state index contributed by atoms with van der Waals surface area (Å²) in [6.45, 7) is 0.233. The minimum atomic E-state index is -0.882. The molecule has 0 unspecified atom stereocenters. The predicted octanol–water partition coefficient (Wildman–Crippen LogP) is 1.07. The lowest BCUT2D eigenvalue weighted by Gasteiger charge is -2.07. The van der Waals surface area contributed by atoms with Crippen molar-refractivity contribution in [2.45, 2.75) is 12.5 Å². The molecule has 94 valence electrons. The first-order valence-electron chi connectivity index (χ1n) is 5.20. The number of nitro groups is 1. The summed E-state index contributed by atoms with van der Waals surface area (Å²) in [7, 11) is 0. The van der Waals surface area contributed by atoms with Gasteiger partial charge in [0.25, 0.3) is 5.69 Å². The Balaban J connectivity index is 2.04. The Morgan fingerprint density at radius 3 is 2.56 bits per heavy atom. The number of benzene rings is 1. The molecule has 1 fully saturated rings. The Morgan fingerprint density at radius 2 is 2.06 bits per heavy atom. The molecule has 0 bridgehead atoms. The van der Waals surface area contributed by atoms with Gasteiger partial charge in [-0.05, 0) is 12.1 Å². The predicted molar refractivity (Wildman–Crippen MR) is 57.9 cm³/mol. The number of rotatable bonds is 3. The third-order valence-corrected chi connectivity index (χ3v) is 2.45. The van der Waals surface area contributed by atoms with Gasteiger partial charge in [0.15, 0.2) is 0 Å². The number of hydrogen-bond acceptors (Lipinski definition) is 6. The van der Waals surface area contributed by atoms with E-state index in [4.69, 9.17) is 4.74 Å². The number of carbonyl (C=O) groups is 2. The number of ether oxygens (including phenoxy) is 2. The molecule has 1 heterocycles. The first-order chi connectivity index (χ1) is 8.58. The van der Waals surface area contributed by atoms with E-state index in [1.54, 1.807) is 0 Å². The normalized spacial score (nSPS) is 18.2. The van der Waals surface area contributed by atoms with Crippen LogP contribution in [0.25, 0.3) is 0 Å². The van der Waals surface area contributed by atoms with Crippen molar-refractivity contribution in [3.8, 4) is 0 Å². The van der Waals surface area contributed by atoms with E-state index >= 15 is 0 Å². The molecule has 0 saturated carbocycles. The highest BCUT2D eigenvalue weighted by Gasteiger charge is 2.30. The molecule has 1 saturated heterocycles. The molecular weight excluding hydrogens is 242 g/mol. The lowest BCUT2D eigenvalue weighted by Crippen LogP contribution is -2.22. The fraction of sp³-hybridized carbons (Fsp3) is 0.273. The van der Waals surface area contributed by atoms with Gasteiger partial charge >= 0.3 is 11.9 Å². The van der Waals surface area contributed by atoms with Gasteiger partial charge in [-0.1, -0.05) is 0 Å². The van der Waals surface area contributed by atoms with Crippen molar-refractivity contribution >= 4 is 17.6 Å². The molecule has 0 aromatic heterocycles. The number of cyclic esters (lactones) is 1. The van der Waals surface area contributed by atoms with Gasteiger partial charge in [0, 0.05) is 18.6 Å². The van der Waals surface area contributed by atoms with Crippen molar-refractivity contribution in [1.82, 2.24) is 0 Å². The van der Waals surface area contributed by atoms with E-state index in [0.29, 0.717) is 6.42 Å². The summed E-state index contributed by atoms with van der Waals surface area (Å²) in [4.78, 5) is 32.6. The van der Waals surface area contributed by atoms with Crippen molar-refractivity contribution < 1.29 is 24.0 Å². The first kappa shape index (κ1) is 12.0. The van der Waals surface area contributed by atoms with E-state index in [1.165, 1.54) is 24.3 Å². The zero-order valence-corrected chi connectivity index (χ0v) is 9.20. The Morgan fingerprint density at radius 1 is 1.39 bits per heavy atom. The van der Waals surface area contributed by atoms with Crippen LogP contribution in [-0.2, 0) is 14.3 Å². The summed E-state index contributed by atoms with van der Waals surface area (Å²) in [5.41, 5.74) is 0.0344. The van der Waals surface area contributed by atoms with Crippen LogP contribution in [0.2, 0.25) is 0 Å². The van der Waals surface area contributed by atoms with Crippen LogP contribution in [0.15, 0.2) is 24.3 Å². The highest BCUT2D eigenvalue weighted by molar-refractivity contribution is 5.91. The molecule has 1 aromatic rings. The lowest BCUT2D eigenvalue weighted by atomic mass is 10.2. The molecule has 1 aliphatic rings. The maximum Gasteiger partial charge on any atom is 0.347 e. The SMILES string of the molecule is O=C(O[C@@H]1CCOC1=O)c1ccc([N+](=O)[O-])cc1. The van der Waals surface area contributed by atoms with Crippen LogP contribution in [0.3, 0.4) is 0 Å². The number of nitro benzene ring substituents is 1. The second-order valence-corrected chi connectivity index (χ2v) is 3.65. The molecule has 1 aliphatic heterocycles. The zero-order valence-electron chi connectivity index (χ0n) is 9.20. The van der Waals surface area contributed by atoms with Gasteiger partial charge in [-0.2, -0.15) is 0 Å². The van der Waals surface area contributed by atoms with Gasteiger partial charge < -0.3 is 9.47 Å². The highest BCUT2D eigenvalue weighted by Crippen LogP contribution is 2.16. The number of esters is 2. The van der Waals surface area contributed by atoms with Crippen LogP contribution in [-0.4, -0.2) is 29.6 Å². The summed E-state index contributed by atoms with van der Waals surface area (Å²) in [5, 5.41) is 10.4. The second kappa shape index (κ2) is 4.82. The molecule has 0 N–H and O–H groups in total. The minimum absolute atomic E-state index is 0.119. The summed E-state index contributed by atoms with van der Waals surface area (Å²) < 4.78 is 9.57. The molecule has 1 aromatic carbocycles. The maximum atomic E-state index is 11.6. The number of non-ortho nitro benzene ring substituents is 1. The van der Waals surface area contributed by atoms with Crippen LogP contribution in [0.1, 0.15) is 16.8 Å². The Hall–Kier alpha value is -2.44. The average Bonchev–Trinajstić information content (AvgIpc) is 2.75. The third kappa shape index (κ3) is 2.45. The van der Waals surface area contributed by atoms with Crippen LogP contribution in [0.4, 0.5) is 5.69 Å². The molecular formula is C11H9NO6. The summed E-state index contributed by atoms with van der Waals surface area (Å²) >= 11 is 0. The van der Waals surface area contributed by atoms with Gasteiger partial charge in [0.2, 0.25) is 6.10 Å². The topological polar surface area (TPSA) is 95.7 Å². The van der Waals surface area contributed by atoms with Crippen molar-refractivity contribution in [2.24, 2.45) is 0 Å². The Bertz CT molecular complexity index is 495. The second-order valence-electron chi connectivity index (χ2n) is 3.65. The zero-order chi connectivity index (χ0) is 13.1. The molecule has 0 amide bonds. The monoisotopic (exact) mass is 251 g/mol. The van der Waals surface area contributed by atoms with Gasteiger partial charge in [0.1, 0.15) is 0 Å². The average molecular weight is 251 g/mol. The highest BCUT2D eigenvalue weighted by atomic mass is 16.6.